The van der Waals surface area contributed by atoms with Crippen LogP contribution in [-0.2, 0) is 0 Å². The topological polar surface area (TPSA) is 0 Å². The van der Waals surface area contributed by atoms with Crippen LogP contribution in [0.3, 0.4) is 0 Å². The molecule has 0 spiro atoms. The van der Waals surface area contributed by atoms with Crippen LogP contribution in [0, 0.1) is 6.08 Å². The van der Waals surface area contributed by atoms with Crippen molar-refractivity contribution in [2.75, 3.05) is 0 Å². The van der Waals surface area contributed by atoms with Crippen molar-refractivity contribution in [1.82, 2.24) is 0 Å². The zero-order valence-electron chi connectivity index (χ0n) is 8.34. The average Bonchev–Trinajstić information content (AvgIpc) is 2.18. The van der Waals surface area contributed by atoms with E-state index in [2.05, 4.69) is 36.5 Å². The molecule has 0 unspecified atom stereocenters. The molecule has 0 amide bonds. The Morgan fingerprint density at radius 3 is 2.62 bits per heavy atom. The van der Waals surface area contributed by atoms with E-state index in [1.165, 1.54) is 32.1 Å². The predicted octanol–water partition coefficient (Wildman–Crippen LogP) is 4.20. The second-order valence-corrected chi connectivity index (χ2v) is 3.43. The molecule has 0 bridgehead atoms. The van der Waals surface area contributed by atoms with Crippen LogP contribution in [0.4, 0.5) is 0 Å². The summed E-state index contributed by atoms with van der Waals surface area (Å²) in [5.74, 6) is 0. The Hall–Kier alpha value is -0.780. The van der Waals surface area contributed by atoms with E-state index in [9.17, 15) is 0 Å². The zero-order valence-corrected chi connectivity index (χ0v) is 8.34. The lowest BCUT2D eigenvalue weighted by Gasteiger charge is -1.94. The molecule has 0 N–H and O–H groups in total. The summed E-state index contributed by atoms with van der Waals surface area (Å²) in [6.45, 7) is 0. The Balaban J connectivity index is 2.28. The number of hydrogen-bond acceptors (Lipinski definition) is 0. The van der Waals surface area contributed by atoms with Crippen LogP contribution >= 0.6 is 0 Å². The fourth-order valence-electron chi connectivity index (χ4n) is 1.41. The molecule has 1 aliphatic carbocycles. The number of allylic oxidation sites excluding steroid dienone is 6. The first kappa shape index (κ1) is 10.3. The monoisotopic (exact) mass is 175 g/mol. The molecule has 0 aromatic rings. The highest BCUT2D eigenvalue weighted by atomic mass is 13.9. The van der Waals surface area contributed by atoms with E-state index < -0.39 is 0 Å². The van der Waals surface area contributed by atoms with E-state index in [4.69, 9.17) is 0 Å². The normalized spacial score (nSPS) is 27.7. The minimum Gasteiger partial charge on any atom is -0.0882 e. The van der Waals surface area contributed by atoms with Crippen molar-refractivity contribution in [3.63, 3.8) is 0 Å². The molecule has 1 radical (unpaired) electrons. The summed E-state index contributed by atoms with van der Waals surface area (Å²) in [7, 11) is 0. The van der Waals surface area contributed by atoms with Gasteiger partial charge in [-0.2, -0.15) is 0 Å². The molecule has 13 heavy (non-hydrogen) atoms. The van der Waals surface area contributed by atoms with Gasteiger partial charge in [0.2, 0.25) is 0 Å². The van der Waals surface area contributed by atoms with Crippen molar-refractivity contribution in [3.05, 3.63) is 36.5 Å². The van der Waals surface area contributed by atoms with Gasteiger partial charge in [-0.25, -0.2) is 0 Å². The molecule has 0 saturated heterocycles. The fraction of sp³-hybridized carbons (Fsp3) is 0.538. The van der Waals surface area contributed by atoms with Gasteiger partial charge in [-0.05, 0) is 44.6 Å². The van der Waals surface area contributed by atoms with Gasteiger partial charge in [0.15, 0.2) is 0 Å². The van der Waals surface area contributed by atoms with Gasteiger partial charge in [0, 0.05) is 0 Å². The number of rotatable bonds is 0. The van der Waals surface area contributed by atoms with Gasteiger partial charge in [-0.1, -0.05) is 36.8 Å². The SMILES string of the molecule is [C]1=C/CCCCC/C=C/C/C=C/C/1. The maximum Gasteiger partial charge on any atom is -0.00978 e. The van der Waals surface area contributed by atoms with E-state index in [0.29, 0.717) is 0 Å². The van der Waals surface area contributed by atoms with Gasteiger partial charge < -0.3 is 0 Å². The molecule has 71 valence electrons. The second kappa shape index (κ2) is 7.85. The first-order chi connectivity index (χ1) is 6.50. The third-order valence-corrected chi connectivity index (χ3v) is 2.20. The summed E-state index contributed by atoms with van der Waals surface area (Å²) in [6.07, 6.45) is 23.0. The molecule has 0 heteroatoms. The Morgan fingerprint density at radius 1 is 0.769 bits per heavy atom. The maximum absolute atomic E-state index is 3.29. The third-order valence-electron chi connectivity index (χ3n) is 2.20. The smallest absolute Gasteiger partial charge is 0.00978 e. The van der Waals surface area contributed by atoms with Crippen molar-refractivity contribution in [2.45, 2.75) is 44.9 Å². The Bertz CT molecular complexity index is 164. The Kier molecular flexibility index (Phi) is 6.22. The quantitative estimate of drug-likeness (QED) is 0.484. The van der Waals surface area contributed by atoms with Crippen LogP contribution in [0.2, 0.25) is 0 Å². The molecule has 1 rings (SSSR count). The van der Waals surface area contributed by atoms with Crippen LogP contribution in [-0.4, -0.2) is 0 Å². The van der Waals surface area contributed by atoms with E-state index in [1.807, 2.05) is 0 Å². The standard InChI is InChI=1S/C13H19/c1-2-4-6-8-10-12-13-11-9-7-5-3-1/h1-2,5,7,13H,3-4,6,8-10,12H2/b2-1+,7-5+,13-11?. The Labute approximate surface area is 82.0 Å². The highest BCUT2D eigenvalue weighted by molar-refractivity contribution is 4.95. The van der Waals surface area contributed by atoms with Crippen molar-refractivity contribution >= 4 is 0 Å². The summed E-state index contributed by atoms with van der Waals surface area (Å²) in [4.78, 5) is 0. The first-order valence-corrected chi connectivity index (χ1v) is 5.35. The summed E-state index contributed by atoms with van der Waals surface area (Å²) < 4.78 is 0. The van der Waals surface area contributed by atoms with E-state index in [0.717, 1.165) is 12.8 Å². The lowest BCUT2D eigenvalue weighted by atomic mass is 10.1. The molecule has 0 heterocycles. The van der Waals surface area contributed by atoms with Gasteiger partial charge >= 0.3 is 0 Å². The molecular weight excluding hydrogens is 156 g/mol. The summed E-state index contributed by atoms with van der Waals surface area (Å²) in [6, 6.07) is 0. The highest BCUT2D eigenvalue weighted by Gasteiger charge is 1.86. The second-order valence-electron chi connectivity index (χ2n) is 3.43. The number of hydrogen-bond donors (Lipinski definition) is 0. The van der Waals surface area contributed by atoms with Gasteiger partial charge in [-0.3, -0.25) is 0 Å². The summed E-state index contributed by atoms with van der Waals surface area (Å²) >= 11 is 0. The lowest BCUT2D eigenvalue weighted by molar-refractivity contribution is 0.695. The summed E-state index contributed by atoms with van der Waals surface area (Å²) in [5.41, 5.74) is 0. The lowest BCUT2D eigenvalue weighted by Crippen LogP contribution is -1.74. The van der Waals surface area contributed by atoms with Crippen molar-refractivity contribution in [1.29, 1.82) is 0 Å². The Morgan fingerprint density at radius 2 is 1.62 bits per heavy atom. The van der Waals surface area contributed by atoms with Crippen LogP contribution < -0.4 is 0 Å². The molecule has 0 saturated carbocycles. The van der Waals surface area contributed by atoms with Gasteiger partial charge in [0.1, 0.15) is 0 Å². The van der Waals surface area contributed by atoms with Gasteiger partial charge in [-0.15, -0.1) is 0 Å². The first-order valence-electron chi connectivity index (χ1n) is 5.35. The fourth-order valence-corrected chi connectivity index (χ4v) is 1.41. The molecule has 0 aromatic carbocycles. The average molecular weight is 175 g/mol. The largest absolute Gasteiger partial charge is 0.0882 e. The molecule has 0 atom stereocenters. The van der Waals surface area contributed by atoms with Crippen LogP contribution in [0.15, 0.2) is 30.4 Å². The van der Waals surface area contributed by atoms with E-state index in [1.54, 1.807) is 0 Å². The summed E-state index contributed by atoms with van der Waals surface area (Å²) in [5, 5.41) is 0. The highest BCUT2D eigenvalue weighted by Crippen LogP contribution is 2.05. The van der Waals surface area contributed by atoms with E-state index in [-0.39, 0.29) is 0 Å². The maximum atomic E-state index is 3.29. The zero-order chi connectivity index (χ0) is 9.19. The van der Waals surface area contributed by atoms with Crippen molar-refractivity contribution in [2.24, 2.45) is 0 Å². The molecular formula is C13H19. The van der Waals surface area contributed by atoms with Crippen LogP contribution in [0.5, 0.6) is 0 Å². The predicted molar refractivity (Wildman–Crippen MR) is 58.4 cm³/mol. The molecule has 0 aliphatic heterocycles. The minimum atomic E-state index is 0.980. The molecule has 0 aromatic heterocycles. The van der Waals surface area contributed by atoms with Crippen molar-refractivity contribution in [3.8, 4) is 0 Å². The molecule has 0 nitrogen and oxygen atoms in total. The molecule has 1 aliphatic rings. The van der Waals surface area contributed by atoms with E-state index >= 15 is 0 Å². The van der Waals surface area contributed by atoms with Crippen LogP contribution in [0.25, 0.3) is 0 Å². The minimum absolute atomic E-state index is 0.980. The van der Waals surface area contributed by atoms with Gasteiger partial charge in [0.05, 0.1) is 0 Å². The van der Waals surface area contributed by atoms with Crippen molar-refractivity contribution < 1.29 is 0 Å². The van der Waals surface area contributed by atoms with Gasteiger partial charge in [0.25, 0.3) is 0 Å². The third kappa shape index (κ3) is 6.39. The van der Waals surface area contributed by atoms with Crippen LogP contribution in [0.1, 0.15) is 44.9 Å². The molecule has 0 fully saturated rings.